The molecule has 5 nitrogen and oxygen atoms in total. The van der Waals surface area contributed by atoms with Crippen LogP contribution in [0, 0.1) is 11.8 Å². The van der Waals surface area contributed by atoms with Crippen molar-refractivity contribution in [2.75, 3.05) is 6.54 Å². The number of aliphatic carboxylic acids is 1. The highest BCUT2D eigenvalue weighted by Gasteiger charge is 2.26. The van der Waals surface area contributed by atoms with Crippen LogP contribution in [0.15, 0.2) is 0 Å². The summed E-state index contributed by atoms with van der Waals surface area (Å²) in [6, 6.07) is -0.0336. The highest BCUT2D eigenvalue weighted by atomic mass is 16.4. The van der Waals surface area contributed by atoms with E-state index in [0.29, 0.717) is 5.92 Å². The molecule has 0 aromatic carbocycles. The fraction of sp³-hybridized carbons (Fsp3) is 0.833. The number of amides is 2. The molecule has 0 aromatic heterocycles. The quantitative estimate of drug-likeness (QED) is 0.700. The van der Waals surface area contributed by atoms with E-state index in [1.165, 1.54) is 0 Å². The molecule has 0 bridgehead atoms. The Morgan fingerprint density at radius 1 is 1.29 bits per heavy atom. The molecule has 3 atom stereocenters. The second-order valence-electron chi connectivity index (χ2n) is 5.05. The van der Waals surface area contributed by atoms with Crippen molar-refractivity contribution in [1.82, 2.24) is 10.6 Å². The largest absolute Gasteiger partial charge is 0.481 e. The summed E-state index contributed by atoms with van der Waals surface area (Å²) in [5.41, 5.74) is 0. The van der Waals surface area contributed by atoms with E-state index >= 15 is 0 Å². The zero-order valence-electron chi connectivity index (χ0n) is 10.5. The van der Waals surface area contributed by atoms with Gasteiger partial charge in [-0.2, -0.15) is 0 Å². The summed E-state index contributed by atoms with van der Waals surface area (Å²) in [6.45, 7) is 4.57. The minimum Gasteiger partial charge on any atom is -0.481 e. The Bertz CT molecular complexity index is 281. The highest BCUT2D eigenvalue weighted by molar-refractivity contribution is 5.75. The summed E-state index contributed by atoms with van der Waals surface area (Å²) in [6.07, 6.45) is 3.25. The third-order valence-electron chi connectivity index (χ3n) is 3.37. The summed E-state index contributed by atoms with van der Waals surface area (Å²) < 4.78 is 0. The summed E-state index contributed by atoms with van der Waals surface area (Å²) in [5.74, 6) is 0.326. The van der Waals surface area contributed by atoms with Crippen LogP contribution in [0.2, 0.25) is 0 Å². The number of carbonyl (C=O) groups is 2. The van der Waals surface area contributed by atoms with E-state index in [4.69, 9.17) is 5.11 Å². The molecule has 0 saturated heterocycles. The van der Waals surface area contributed by atoms with Gasteiger partial charge < -0.3 is 15.7 Å². The summed E-state index contributed by atoms with van der Waals surface area (Å²) in [7, 11) is 0. The van der Waals surface area contributed by atoms with E-state index in [1.807, 2.05) is 0 Å². The molecule has 1 fully saturated rings. The van der Waals surface area contributed by atoms with E-state index in [-0.39, 0.29) is 25.0 Å². The molecule has 0 spiro atoms. The number of urea groups is 1. The molecule has 98 valence electrons. The lowest BCUT2D eigenvalue weighted by Gasteiger charge is -2.33. The molecule has 1 aliphatic rings. The Morgan fingerprint density at radius 3 is 2.59 bits per heavy atom. The van der Waals surface area contributed by atoms with Gasteiger partial charge >= 0.3 is 12.0 Å². The maximum atomic E-state index is 11.5. The summed E-state index contributed by atoms with van der Waals surface area (Å²) in [4.78, 5) is 21.8. The summed E-state index contributed by atoms with van der Waals surface area (Å²) in [5, 5.41) is 13.9. The van der Waals surface area contributed by atoms with Crippen molar-refractivity contribution < 1.29 is 14.7 Å². The first-order chi connectivity index (χ1) is 7.99. The smallest absolute Gasteiger partial charge is 0.315 e. The van der Waals surface area contributed by atoms with Crippen molar-refractivity contribution in [3.8, 4) is 0 Å². The van der Waals surface area contributed by atoms with Gasteiger partial charge in [-0.05, 0) is 31.1 Å². The van der Waals surface area contributed by atoms with Crippen LogP contribution in [0.5, 0.6) is 0 Å². The van der Waals surface area contributed by atoms with E-state index in [9.17, 15) is 9.59 Å². The second-order valence-corrected chi connectivity index (χ2v) is 5.05. The number of hydrogen-bond acceptors (Lipinski definition) is 2. The average Bonchev–Trinajstić information content (AvgIpc) is 2.21. The molecule has 0 aromatic rings. The van der Waals surface area contributed by atoms with Crippen molar-refractivity contribution in [2.24, 2.45) is 11.8 Å². The van der Waals surface area contributed by atoms with Crippen LogP contribution < -0.4 is 10.6 Å². The third kappa shape index (κ3) is 5.06. The van der Waals surface area contributed by atoms with Gasteiger partial charge in [0.1, 0.15) is 0 Å². The molecule has 1 saturated carbocycles. The van der Waals surface area contributed by atoms with Crippen LogP contribution in [0.4, 0.5) is 4.79 Å². The fourth-order valence-corrected chi connectivity index (χ4v) is 2.38. The van der Waals surface area contributed by atoms with Gasteiger partial charge in [-0.15, -0.1) is 0 Å². The molecule has 0 heterocycles. The van der Waals surface area contributed by atoms with Gasteiger partial charge in [0, 0.05) is 12.6 Å². The Morgan fingerprint density at radius 2 is 2.00 bits per heavy atom. The molecule has 3 N–H and O–H groups in total. The SMILES string of the molecule is CC1CCC(NC(=O)NCCC(=O)O)C(C)C1. The first-order valence-corrected chi connectivity index (χ1v) is 6.25. The predicted molar refractivity (Wildman–Crippen MR) is 64.8 cm³/mol. The highest BCUT2D eigenvalue weighted by Crippen LogP contribution is 2.28. The van der Waals surface area contributed by atoms with Crippen LogP contribution in [0.1, 0.15) is 39.5 Å². The van der Waals surface area contributed by atoms with Crippen molar-refractivity contribution in [1.29, 1.82) is 0 Å². The number of carboxylic acids is 1. The van der Waals surface area contributed by atoms with Gasteiger partial charge in [-0.3, -0.25) is 4.79 Å². The number of nitrogens with one attached hydrogen (secondary N) is 2. The minimum atomic E-state index is -0.898. The van der Waals surface area contributed by atoms with Gasteiger partial charge in [0.05, 0.1) is 6.42 Å². The monoisotopic (exact) mass is 242 g/mol. The molecule has 2 amide bonds. The standard InChI is InChI=1S/C12H22N2O3/c1-8-3-4-10(9(2)7-8)14-12(17)13-6-5-11(15)16/h8-10H,3-7H2,1-2H3,(H,15,16)(H2,13,14,17). The lowest BCUT2D eigenvalue weighted by atomic mass is 9.80. The average molecular weight is 242 g/mol. The minimum absolute atomic E-state index is 0.0370. The Kier molecular flexibility index (Phi) is 5.25. The molecular formula is C12H22N2O3. The maximum absolute atomic E-state index is 11.5. The predicted octanol–water partition coefficient (Wildman–Crippen LogP) is 1.58. The van der Waals surface area contributed by atoms with Crippen LogP contribution in [-0.4, -0.2) is 29.7 Å². The first kappa shape index (κ1) is 13.8. The van der Waals surface area contributed by atoms with Gasteiger partial charge in [-0.1, -0.05) is 13.8 Å². The lowest BCUT2D eigenvalue weighted by Crippen LogP contribution is -2.47. The number of carbonyl (C=O) groups excluding carboxylic acids is 1. The van der Waals surface area contributed by atoms with E-state index in [1.54, 1.807) is 0 Å². The Balaban J connectivity index is 2.23. The molecular weight excluding hydrogens is 220 g/mol. The zero-order valence-corrected chi connectivity index (χ0v) is 10.5. The molecule has 5 heteroatoms. The van der Waals surface area contributed by atoms with E-state index < -0.39 is 5.97 Å². The molecule has 1 rings (SSSR count). The van der Waals surface area contributed by atoms with Crippen LogP contribution >= 0.6 is 0 Å². The molecule has 3 unspecified atom stereocenters. The Labute approximate surface area is 102 Å². The Hall–Kier alpha value is -1.26. The number of rotatable bonds is 4. The van der Waals surface area contributed by atoms with Crippen LogP contribution in [0.3, 0.4) is 0 Å². The number of hydrogen-bond donors (Lipinski definition) is 3. The zero-order chi connectivity index (χ0) is 12.8. The summed E-state index contributed by atoms with van der Waals surface area (Å²) >= 11 is 0. The third-order valence-corrected chi connectivity index (χ3v) is 3.37. The van der Waals surface area contributed by atoms with Crippen LogP contribution in [0.25, 0.3) is 0 Å². The van der Waals surface area contributed by atoms with Crippen molar-refractivity contribution in [3.63, 3.8) is 0 Å². The van der Waals surface area contributed by atoms with Gasteiger partial charge in [-0.25, -0.2) is 4.79 Å². The molecule has 17 heavy (non-hydrogen) atoms. The van der Waals surface area contributed by atoms with E-state index in [0.717, 1.165) is 25.2 Å². The fourth-order valence-electron chi connectivity index (χ4n) is 2.38. The van der Waals surface area contributed by atoms with Crippen molar-refractivity contribution in [2.45, 2.75) is 45.6 Å². The topological polar surface area (TPSA) is 78.4 Å². The molecule has 0 radical (unpaired) electrons. The first-order valence-electron chi connectivity index (χ1n) is 6.25. The van der Waals surface area contributed by atoms with Crippen molar-refractivity contribution in [3.05, 3.63) is 0 Å². The molecule has 1 aliphatic carbocycles. The van der Waals surface area contributed by atoms with Gasteiger partial charge in [0.25, 0.3) is 0 Å². The van der Waals surface area contributed by atoms with E-state index in [2.05, 4.69) is 24.5 Å². The van der Waals surface area contributed by atoms with Crippen molar-refractivity contribution >= 4 is 12.0 Å². The van der Waals surface area contributed by atoms with Gasteiger partial charge in [0.15, 0.2) is 0 Å². The second kappa shape index (κ2) is 6.47. The number of carboxylic acid groups (broad SMARTS) is 1. The van der Waals surface area contributed by atoms with Crippen LogP contribution in [-0.2, 0) is 4.79 Å². The molecule has 0 aliphatic heterocycles. The normalized spacial score (nSPS) is 28.5. The van der Waals surface area contributed by atoms with Gasteiger partial charge in [0.2, 0.25) is 0 Å². The maximum Gasteiger partial charge on any atom is 0.315 e. The lowest BCUT2D eigenvalue weighted by molar-refractivity contribution is -0.136.